The monoisotopic (exact) mass is 455 g/mol. The van der Waals surface area contributed by atoms with Crippen LogP contribution in [0.25, 0.3) is 0 Å². The van der Waals surface area contributed by atoms with E-state index >= 15 is 0 Å². The van der Waals surface area contributed by atoms with E-state index in [1.165, 1.54) is 21.5 Å². The maximum absolute atomic E-state index is 3.65. The minimum absolute atomic E-state index is 0. The third-order valence-corrected chi connectivity index (χ3v) is 7.22. The largest absolute Gasteiger partial charge is 0.748 e. The van der Waals surface area contributed by atoms with E-state index in [1.807, 2.05) is 30.3 Å². The maximum atomic E-state index is 3.65. The molecular formula is C27H30FeNP-6. The molecule has 0 aliphatic rings. The maximum Gasteiger partial charge on any atom is 0.000562 e. The molecule has 0 aliphatic carbocycles. The van der Waals surface area contributed by atoms with E-state index in [1.54, 1.807) is 0 Å². The Bertz CT molecular complexity index is 873. The van der Waals surface area contributed by atoms with Crippen LogP contribution in [-0.4, -0.2) is 6.04 Å². The quantitative estimate of drug-likeness (QED) is 0.226. The molecule has 0 aromatic heterocycles. The van der Waals surface area contributed by atoms with Gasteiger partial charge in [0.15, 0.2) is 0 Å². The first kappa shape index (κ1) is 24.3. The first-order valence-corrected chi connectivity index (χ1v) is 11.6. The van der Waals surface area contributed by atoms with Crippen LogP contribution in [0.3, 0.4) is 0 Å². The Labute approximate surface area is 193 Å². The van der Waals surface area contributed by atoms with Crippen molar-refractivity contribution in [1.29, 1.82) is 0 Å². The van der Waals surface area contributed by atoms with Crippen molar-refractivity contribution in [2.24, 2.45) is 0 Å². The Kier molecular flexibility index (Phi) is 10.3. The predicted molar refractivity (Wildman–Crippen MR) is 129 cm³/mol. The van der Waals surface area contributed by atoms with Crippen LogP contribution in [0, 0.1) is 0 Å². The normalized spacial score (nSPS) is 11.5. The average molecular weight is 455 g/mol. The fraction of sp³-hybridized carbons (Fsp3) is 0.185. The zero-order valence-electron chi connectivity index (χ0n) is 17.8. The van der Waals surface area contributed by atoms with Gasteiger partial charge in [-0.15, -0.1) is 10.9 Å². The summed E-state index contributed by atoms with van der Waals surface area (Å²) in [5.41, 5.74) is 1.42. The summed E-state index contributed by atoms with van der Waals surface area (Å²) in [6.45, 7) is 6.68. The molecule has 0 fully saturated rings. The Balaban J connectivity index is 0.000000468. The second-order valence-electron chi connectivity index (χ2n) is 7.38. The van der Waals surface area contributed by atoms with E-state index in [0.29, 0.717) is 12.1 Å². The van der Waals surface area contributed by atoms with Gasteiger partial charge in [0.2, 0.25) is 0 Å². The minimum Gasteiger partial charge on any atom is -0.748 e. The van der Waals surface area contributed by atoms with Gasteiger partial charge < -0.3 is 35.6 Å². The summed E-state index contributed by atoms with van der Waals surface area (Å²) in [6, 6.07) is 39.4. The van der Waals surface area contributed by atoms with Gasteiger partial charge in [-0.1, -0.05) is 81.4 Å². The zero-order chi connectivity index (χ0) is 20.5. The van der Waals surface area contributed by atoms with Gasteiger partial charge >= 0.3 is 0 Å². The van der Waals surface area contributed by atoms with E-state index < -0.39 is 7.92 Å². The molecule has 0 saturated carbocycles. The van der Waals surface area contributed by atoms with Gasteiger partial charge in [0.25, 0.3) is 0 Å². The minimum atomic E-state index is -0.527. The molecule has 4 rings (SSSR count). The van der Waals surface area contributed by atoms with Gasteiger partial charge in [-0.05, 0) is 24.6 Å². The van der Waals surface area contributed by atoms with Crippen LogP contribution < -0.4 is 21.2 Å². The molecule has 0 bridgehead atoms. The van der Waals surface area contributed by atoms with E-state index in [0.717, 1.165) is 0 Å². The van der Waals surface area contributed by atoms with Crippen LogP contribution in [0.4, 0.5) is 0 Å². The van der Waals surface area contributed by atoms with Crippen LogP contribution in [-0.2, 0) is 17.1 Å². The number of hydrogen-bond acceptors (Lipinski definition) is 1. The predicted octanol–water partition coefficient (Wildman–Crippen LogP) is 5.63. The average Bonchev–Trinajstić information content (AvgIpc) is 3.45. The molecule has 162 valence electrons. The molecule has 4 aromatic carbocycles. The first-order chi connectivity index (χ1) is 14.2. The molecule has 0 radical (unpaired) electrons. The second-order valence-corrected chi connectivity index (χ2v) is 9.56. The van der Waals surface area contributed by atoms with E-state index in [9.17, 15) is 0 Å². The van der Waals surface area contributed by atoms with E-state index in [4.69, 9.17) is 0 Å². The summed E-state index contributed by atoms with van der Waals surface area (Å²) in [5, 5.41) is 7.93. The standard InChI is InChI=1S/C22H25NP.C5H5.Fe/c1-17(2)23-18(3)21-15-10-16-22(21)24(19-11-6-4-7-12-19)20-13-8-5-9-14-20;1-2-4-5-3-1;/h4-18,23H,1-3H3;1-5H;/q-1;-5;/t18-;;/m1../s1. The fourth-order valence-electron chi connectivity index (χ4n) is 3.49. The molecule has 0 saturated heterocycles. The van der Waals surface area contributed by atoms with Crippen LogP contribution in [0.15, 0.2) is 109 Å². The van der Waals surface area contributed by atoms with Crippen LogP contribution >= 0.6 is 7.92 Å². The van der Waals surface area contributed by atoms with Crippen LogP contribution in [0.5, 0.6) is 0 Å². The molecule has 30 heavy (non-hydrogen) atoms. The van der Waals surface area contributed by atoms with Crippen molar-refractivity contribution in [2.45, 2.75) is 32.9 Å². The van der Waals surface area contributed by atoms with Crippen molar-refractivity contribution < 1.29 is 17.1 Å². The van der Waals surface area contributed by atoms with Crippen molar-refractivity contribution in [3.63, 3.8) is 0 Å². The molecule has 1 atom stereocenters. The zero-order valence-corrected chi connectivity index (χ0v) is 19.8. The molecular weight excluding hydrogens is 425 g/mol. The summed E-state index contributed by atoms with van der Waals surface area (Å²) >= 11 is 0. The Morgan fingerprint density at radius 3 is 1.60 bits per heavy atom. The van der Waals surface area contributed by atoms with Crippen molar-refractivity contribution in [1.82, 2.24) is 5.32 Å². The molecule has 1 nitrogen and oxygen atoms in total. The van der Waals surface area contributed by atoms with E-state index in [2.05, 4.69) is 105 Å². The molecule has 0 spiro atoms. The van der Waals surface area contributed by atoms with Crippen LogP contribution in [0.2, 0.25) is 0 Å². The number of benzene rings is 2. The summed E-state index contributed by atoms with van der Waals surface area (Å²) in [4.78, 5) is 0. The van der Waals surface area contributed by atoms with Gasteiger partial charge in [0.1, 0.15) is 0 Å². The van der Waals surface area contributed by atoms with Crippen molar-refractivity contribution in [3.8, 4) is 0 Å². The third-order valence-electron chi connectivity index (χ3n) is 4.70. The van der Waals surface area contributed by atoms with Crippen LogP contribution in [0.1, 0.15) is 32.4 Å². The topological polar surface area (TPSA) is 12.0 Å². The summed E-state index contributed by atoms with van der Waals surface area (Å²) in [5.74, 6) is 0. The summed E-state index contributed by atoms with van der Waals surface area (Å²) in [6.07, 6.45) is 0. The fourth-order valence-corrected chi connectivity index (χ4v) is 6.04. The Hall–Kier alpha value is -1.95. The number of rotatable bonds is 6. The van der Waals surface area contributed by atoms with Gasteiger partial charge in [0, 0.05) is 23.1 Å². The first-order valence-electron chi connectivity index (χ1n) is 10.3. The molecule has 0 unspecified atom stereocenters. The third kappa shape index (κ3) is 6.79. The van der Waals surface area contributed by atoms with Gasteiger partial charge in [-0.2, -0.15) is 6.07 Å². The van der Waals surface area contributed by atoms with Gasteiger partial charge in [-0.25, -0.2) is 12.1 Å². The molecule has 0 heterocycles. The van der Waals surface area contributed by atoms with Gasteiger partial charge in [-0.3, -0.25) is 0 Å². The van der Waals surface area contributed by atoms with Crippen molar-refractivity contribution >= 4 is 23.8 Å². The number of nitrogens with one attached hydrogen (secondary N) is 1. The molecule has 3 heteroatoms. The van der Waals surface area contributed by atoms with Crippen molar-refractivity contribution in [3.05, 3.63) is 115 Å². The summed E-state index contributed by atoms with van der Waals surface area (Å²) in [7, 11) is -0.527. The Morgan fingerprint density at radius 2 is 1.17 bits per heavy atom. The van der Waals surface area contributed by atoms with Crippen molar-refractivity contribution in [2.75, 3.05) is 0 Å². The smallest absolute Gasteiger partial charge is 0.000562 e. The van der Waals surface area contributed by atoms with E-state index in [-0.39, 0.29) is 17.1 Å². The Morgan fingerprint density at radius 1 is 0.700 bits per heavy atom. The molecule has 0 aliphatic heterocycles. The summed E-state index contributed by atoms with van der Waals surface area (Å²) < 4.78 is 0. The molecule has 0 amide bonds. The SMILES string of the molecule is CC(C)N[C@H](C)[c-]1cccc1P(c1ccccc1)c1ccccc1.[Fe].[cH-]1[cH-][cH-][cH-][cH-]1. The second kappa shape index (κ2) is 12.7. The molecule has 4 aromatic rings. The van der Waals surface area contributed by atoms with Gasteiger partial charge in [0.05, 0.1) is 0 Å². The number of hydrogen-bond donors (Lipinski definition) is 1. The molecule has 1 N–H and O–H groups in total.